The van der Waals surface area contributed by atoms with E-state index in [4.69, 9.17) is 4.74 Å². The monoisotopic (exact) mass is 242 g/mol. The van der Waals surface area contributed by atoms with Gasteiger partial charge < -0.3 is 9.53 Å². The maximum Gasteiger partial charge on any atom is 0.178 e. The molecular weight excluding hydrogens is 228 g/mol. The van der Waals surface area contributed by atoms with Crippen LogP contribution in [0, 0.1) is 0 Å². The second-order valence-electron chi connectivity index (χ2n) is 3.25. The van der Waals surface area contributed by atoms with Crippen molar-refractivity contribution in [1.29, 1.82) is 0 Å². The van der Waals surface area contributed by atoms with Gasteiger partial charge >= 0.3 is 0 Å². The summed E-state index contributed by atoms with van der Waals surface area (Å²) in [5.41, 5.74) is 0.590. The molecule has 0 unspecified atom stereocenters. The van der Waals surface area contributed by atoms with Crippen molar-refractivity contribution in [3.63, 3.8) is 0 Å². The lowest BCUT2D eigenvalue weighted by Gasteiger charge is -2.08. The van der Waals surface area contributed by atoms with E-state index in [2.05, 4.69) is 0 Å². The first-order chi connectivity index (χ1) is 7.55. The minimum absolute atomic E-state index is 0.0415. The summed E-state index contributed by atoms with van der Waals surface area (Å²) in [7, 11) is -1.75. The van der Waals surface area contributed by atoms with E-state index in [0.29, 0.717) is 11.3 Å². The standard InChI is InChI=1S/C11H14O4S/c1-3-16(13,14)10-4-5-11(15-2)9(8-10)6-7-12/h4-5,7-8H,3,6H2,1-2H3. The summed E-state index contributed by atoms with van der Waals surface area (Å²) in [4.78, 5) is 10.7. The van der Waals surface area contributed by atoms with Crippen LogP contribution in [0.3, 0.4) is 0 Å². The minimum Gasteiger partial charge on any atom is -0.496 e. The van der Waals surface area contributed by atoms with Gasteiger partial charge in [-0.25, -0.2) is 8.42 Å². The van der Waals surface area contributed by atoms with Gasteiger partial charge in [-0.3, -0.25) is 0 Å². The topological polar surface area (TPSA) is 60.4 Å². The third kappa shape index (κ3) is 2.61. The van der Waals surface area contributed by atoms with Crippen LogP contribution in [0.2, 0.25) is 0 Å². The average molecular weight is 242 g/mol. The molecule has 0 amide bonds. The van der Waals surface area contributed by atoms with Crippen molar-refractivity contribution in [2.75, 3.05) is 12.9 Å². The molecule has 1 aromatic rings. The summed E-state index contributed by atoms with van der Waals surface area (Å²) in [5, 5.41) is 0. The first-order valence-electron chi connectivity index (χ1n) is 4.88. The fraction of sp³-hybridized carbons (Fsp3) is 0.364. The van der Waals surface area contributed by atoms with Crippen LogP contribution in [-0.4, -0.2) is 27.6 Å². The second-order valence-corrected chi connectivity index (χ2v) is 5.53. The Labute approximate surface area is 95.2 Å². The summed E-state index contributed by atoms with van der Waals surface area (Å²) in [6.07, 6.45) is 0.871. The Morgan fingerprint density at radius 1 is 1.38 bits per heavy atom. The molecule has 0 saturated carbocycles. The molecule has 0 aromatic heterocycles. The van der Waals surface area contributed by atoms with Crippen molar-refractivity contribution in [3.05, 3.63) is 23.8 Å². The zero-order chi connectivity index (χ0) is 12.2. The first-order valence-corrected chi connectivity index (χ1v) is 6.53. The molecule has 0 aliphatic rings. The predicted octanol–water partition coefficient (Wildman–Crippen LogP) is 1.23. The number of hydrogen-bond acceptors (Lipinski definition) is 4. The SMILES string of the molecule is CCS(=O)(=O)c1ccc(OC)c(CC=O)c1. The molecule has 0 fully saturated rings. The van der Waals surface area contributed by atoms with Crippen LogP contribution >= 0.6 is 0 Å². The van der Waals surface area contributed by atoms with E-state index in [1.807, 2.05) is 0 Å². The maximum absolute atomic E-state index is 11.6. The molecule has 0 atom stereocenters. The van der Waals surface area contributed by atoms with E-state index in [-0.39, 0.29) is 17.1 Å². The maximum atomic E-state index is 11.6. The van der Waals surface area contributed by atoms with Gasteiger partial charge in [0.15, 0.2) is 9.84 Å². The highest BCUT2D eigenvalue weighted by Gasteiger charge is 2.14. The molecule has 4 nitrogen and oxygen atoms in total. The normalized spacial score (nSPS) is 11.1. The lowest BCUT2D eigenvalue weighted by molar-refractivity contribution is -0.107. The van der Waals surface area contributed by atoms with Gasteiger partial charge in [-0.05, 0) is 18.2 Å². The predicted molar refractivity (Wildman–Crippen MR) is 60.5 cm³/mol. The first kappa shape index (κ1) is 12.7. The Morgan fingerprint density at radius 2 is 2.06 bits per heavy atom. The minimum atomic E-state index is -3.24. The Morgan fingerprint density at radius 3 is 2.56 bits per heavy atom. The van der Waals surface area contributed by atoms with Crippen molar-refractivity contribution in [1.82, 2.24) is 0 Å². The molecule has 0 radical (unpaired) electrons. The van der Waals surface area contributed by atoms with E-state index >= 15 is 0 Å². The number of carbonyl (C=O) groups excluding carboxylic acids is 1. The number of ether oxygens (including phenoxy) is 1. The fourth-order valence-electron chi connectivity index (χ4n) is 1.36. The third-order valence-corrected chi connectivity index (χ3v) is 4.03. The lowest BCUT2D eigenvalue weighted by atomic mass is 10.1. The average Bonchev–Trinajstić information content (AvgIpc) is 2.29. The van der Waals surface area contributed by atoms with Gasteiger partial charge in [0.05, 0.1) is 17.8 Å². The van der Waals surface area contributed by atoms with Gasteiger partial charge in [0, 0.05) is 12.0 Å². The molecule has 0 spiro atoms. The molecule has 1 rings (SSSR count). The van der Waals surface area contributed by atoms with Crippen LogP contribution in [0.4, 0.5) is 0 Å². The van der Waals surface area contributed by atoms with Gasteiger partial charge in [0.2, 0.25) is 0 Å². The molecule has 0 heterocycles. The Bertz CT molecular complexity index is 477. The largest absolute Gasteiger partial charge is 0.496 e. The Hall–Kier alpha value is -1.36. The van der Waals surface area contributed by atoms with Crippen LogP contribution in [-0.2, 0) is 21.1 Å². The van der Waals surface area contributed by atoms with Crippen molar-refractivity contribution in [2.45, 2.75) is 18.2 Å². The highest BCUT2D eigenvalue weighted by Crippen LogP contribution is 2.23. The molecule has 0 aliphatic carbocycles. The molecule has 0 aliphatic heterocycles. The summed E-state index contributed by atoms with van der Waals surface area (Å²) < 4.78 is 28.3. The number of sulfone groups is 1. The summed E-state index contributed by atoms with van der Waals surface area (Å²) >= 11 is 0. The van der Waals surface area contributed by atoms with Crippen molar-refractivity contribution in [2.24, 2.45) is 0 Å². The van der Waals surface area contributed by atoms with Gasteiger partial charge in [-0.1, -0.05) is 6.92 Å². The van der Waals surface area contributed by atoms with Crippen molar-refractivity contribution in [3.8, 4) is 5.75 Å². The number of methoxy groups -OCH3 is 1. The van der Waals surface area contributed by atoms with Crippen molar-refractivity contribution >= 4 is 16.1 Å². The molecule has 0 N–H and O–H groups in total. The Balaban J connectivity index is 3.26. The second kappa shape index (κ2) is 5.12. The van der Waals surface area contributed by atoms with Gasteiger partial charge in [0.25, 0.3) is 0 Å². The molecule has 0 saturated heterocycles. The zero-order valence-electron chi connectivity index (χ0n) is 9.26. The molecule has 88 valence electrons. The van der Waals surface area contributed by atoms with E-state index in [1.54, 1.807) is 13.0 Å². The number of benzene rings is 1. The van der Waals surface area contributed by atoms with E-state index < -0.39 is 9.84 Å². The zero-order valence-corrected chi connectivity index (χ0v) is 10.1. The quantitative estimate of drug-likeness (QED) is 0.729. The number of hydrogen-bond donors (Lipinski definition) is 0. The van der Waals surface area contributed by atoms with E-state index in [0.717, 1.165) is 6.29 Å². The summed E-state index contributed by atoms with van der Waals surface area (Å²) in [5.74, 6) is 0.571. The summed E-state index contributed by atoms with van der Waals surface area (Å²) in [6.45, 7) is 1.58. The van der Waals surface area contributed by atoms with Gasteiger partial charge in [0.1, 0.15) is 12.0 Å². The van der Waals surface area contributed by atoms with Crippen LogP contribution in [0.5, 0.6) is 5.75 Å². The fourth-order valence-corrected chi connectivity index (χ4v) is 2.29. The lowest BCUT2D eigenvalue weighted by Crippen LogP contribution is -2.05. The number of aldehydes is 1. The Kier molecular flexibility index (Phi) is 4.06. The number of carbonyl (C=O) groups is 1. The van der Waals surface area contributed by atoms with Crippen LogP contribution < -0.4 is 4.74 Å². The van der Waals surface area contributed by atoms with Crippen LogP contribution in [0.25, 0.3) is 0 Å². The highest BCUT2D eigenvalue weighted by atomic mass is 32.2. The molecule has 5 heteroatoms. The van der Waals surface area contributed by atoms with Gasteiger partial charge in [-0.2, -0.15) is 0 Å². The molecule has 1 aromatic carbocycles. The number of rotatable bonds is 5. The third-order valence-electron chi connectivity index (χ3n) is 2.29. The molecular formula is C11H14O4S. The van der Waals surface area contributed by atoms with Gasteiger partial charge in [-0.15, -0.1) is 0 Å². The highest BCUT2D eigenvalue weighted by molar-refractivity contribution is 7.91. The van der Waals surface area contributed by atoms with Crippen LogP contribution in [0.15, 0.2) is 23.1 Å². The van der Waals surface area contributed by atoms with Crippen LogP contribution in [0.1, 0.15) is 12.5 Å². The molecule has 16 heavy (non-hydrogen) atoms. The van der Waals surface area contributed by atoms with Crippen molar-refractivity contribution < 1.29 is 17.9 Å². The molecule has 0 bridgehead atoms. The van der Waals surface area contributed by atoms with E-state index in [9.17, 15) is 13.2 Å². The van der Waals surface area contributed by atoms with E-state index in [1.165, 1.54) is 19.2 Å². The smallest absolute Gasteiger partial charge is 0.178 e. The summed E-state index contributed by atoms with van der Waals surface area (Å²) in [6, 6.07) is 4.55.